The Morgan fingerprint density at radius 1 is 0.824 bits per heavy atom. The topological polar surface area (TPSA) is 121 Å². The van der Waals surface area contributed by atoms with Crippen LogP contribution in [0.3, 0.4) is 0 Å². The second kappa shape index (κ2) is 10.7. The van der Waals surface area contributed by atoms with Crippen LogP contribution in [0.2, 0.25) is 0 Å². The van der Waals surface area contributed by atoms with Crippen LogP contribution in [0, 0.1) is 5.41 Å². The average molecular weight is 471 g/mol. The minimum Gasteiger partial charge on any atom is -0.493 e. The standard InChI is InChI=1S/C24H30N4O6/c1-29-18-9-14(10-19(30-2)22(18)33-5)7-8-16-13-17(28(27-16)24(25)26)15-11-20(31-3)23(34-6)21(12-15)32-4/h7-12,17H,13H2,1-6H3,(H3,25,26)/b8-7+. The van der Waals surface area contributed by atoms with E-state index in [1.807, 2.05) is 36.4 Å². The molecule has 3 rings (SSSR count). The van der Waals surface area contributed by atoms with E-state index in [0.717, 1.165) is 16.8 Å². The summed E-state index contributed by atoms with van der Waals surface area (Å²) in [5.41, 5.74) is 8.24. The molecule has 0 radical (unpaired) electrons. The predicted molar refractivity (Wildman–Crippen MR) is 130 cm³/mol. The fourth-order valence-electron chi connectivity index (χ4n) is 3.80. The fraction of sp³-hybridized carbons (Fsp3) is 0.333. The van der Waals surface area contributed by atoms with Crippen molar-refractivity contribution in [1.82, 2.24) is 5.01 Å². The first-order valence-electron chi connectivity index (χ1n) is 10.4. The summed E-state index contributed by atoms with van der Waals surface area (Å²) in [6.45, 7) is 0. The van der Waals surface area contributed by atoms with Crippen molar-refractivity contribution in [2.45, 2.75) is 12.5 Å². The summed E-state index contributed by atoms with van der Waals surface area (Å²) in [7, 11) is 9.35. The van der Waals surface area contributed by atoms with Crippen LogP contribution in [0.5, 0.6) is 34.5 Å². The van der Waals surface area contributed by atoms with Gasteiger partial charge in [-0.2, -0.15) is 5.10 Å². The van der Waals surface area contributed by atoms with E-state index < -0.39 is 0 Å². The molecule has 182 valence electrons. The van der Waals surface area contributed by atoms with Gasteiger partial charge in [0.1, 0.15) is 0 Å². The normalized spacial score (nSPS) is 15.2. The first-order valence-corrected chi connectivity index (χ1v) is 10.4. The Morgan fingerprint density at radius 2 is 1.29 bits per heavy atom. The number of guanidine groups is 1. The van der Waals surface area contributed by atoms with E-state index in [4.69, 9.17) is 39.6 Å². The van der Waals surface area contributed by atoms with Gasteiger partial charge >= 0.3 is 0 Å². The number of hydrogen-bond acceptors (Lipinski definition) is 8. The van der Waals surface area contributed by atoms with Crippen LogP contribution in [0.1, 0.15) is 23.6 Å². The third-order valence-electron chi connectivity index (χ3n) is 5.41. The molecular weight excluding hydrogens is 440 g/mol. The molecule has 10 heteroatoms. The third kappa shape index (κ3) is 4.80. The highest BCUT2D eigenvalue weighted by atomic mass is 16.5. The van der Waals surface area contributed by atoms with E-state index in [-0.39, 0.29) is 12.0 Å². The van der Waals surface area contributed by atoms with Crippen molar-refractivity contribution in [2.24, 2.45) is 10.8 Å². The van der Waals surface area contributed by atoms with Gasteiger partial charge in [-0.15, -0.1) is 0 Å². The molecule has 10 nitrogen and oxygen atoms in total. The van der Waals surface area contributed by atoms with E-state index in [1.165, 1.54) is 5.01 Å². The number of nitrogens with zero attached hydrogens (tertiary/aromatic N) is 2. The number of nitrogens with one attached hydrogen (secondary N) is 1. The van der Waals surface area contributed by atoms with Gasteiger partial charge in [-0.3, -0.25) is 5.41 Å². The van der Waals surface area contributed by atoms with Crippen LogP contribution < -0.4 is 34.2 Å². The quantitative estimate of drug-likeness (QED) is 0.422. The lowest BCUT2D eigenvalue weighted by molar-refractivity contribution is 0.318. The predicted octanol–water partition coefficient (Wildman–Crippen LogP) is 3.45. The number of hydrogen-bond donors (Lipinski definition) is 2. The molecule has 34 heavy (non-hydrogen) atoms. The number of ether oxygens (including phenoxy) is 6. The zero-order chi connectivity index (χ0) is 24.8. The minimum absolute atomic E-state index is 0.171. The van der Waals surface area contributed by atoms with Crippen molar-refractivity contribution >= 4 is 17.7 Å². The molecule has 3 N–H and O–H groups in total. The summed E-state index contributed by atoms with van der Waals surface area (Å²) < 4.78 is 32.6. The Kier molecular flexibility index (Phi) is 7.72. The van der Waals surface area contributed by atoms with Gasteiger partial charge in [0.2, 0.25) is 17.5 Å². The van der Waals surface area contributed by atoms with Gasteiger partial charge < -0.3 is 34.2 Å². The molecule has 0 aromatic heterocycles. The van der Waals surface area contributed by atoms with Crippen LogP contribution in [0.25, 0.3) is 6.08 Å². The first kappa shape index (κ1) is 24.6. The maximum absolute atomic E-state index is 8.02. The zero-order valence-corrected chi connectivity index (χ0v) is 20.2. The number of hydrazone groups is 1. The molecule has 1 aliphatic rings. The second-order valence-electron chi connectivity index (χ2n) is 7.29. The molecule has 0 spiro atoms. The lowest BCUT2D eigenvalue weighted by atomic mass is 10.00. The van der Waals surface area contributed by atoms with Crippen molar-refractivity contribution in [1.29, 1.82) is 5.41 Å². The van der Waals surface area contributed by atoms with Crippen LogP contribution in [-0.2, 0) is 0 Å². The Hall–Kier alpha value is -4.08. The van der Waals surface area contributed by atoms with Crippen molar-refractivity contribution in [3.8, 4) is 34.5 Å². The lowest BCUT2D eigenvalue weighted by Crippen LogP contribution is -2.32. The Labute approximate surface area is 199 Å². The molecule has 0 saturated heterocycles. The molecule has 1 heterocycles. The van der Waals surface area contributed by atoms with Gasteiger partial charge in [-0.25, -0.2) is 5.01 Å². The van der Waals surface area contributed by atoms with Crippen LogP contribution in [-0.4, -0.2) is 59.3 Å². The average Bonchev–Trinajstić information content (AvgIpc) is 3.30. The maximum atomic E-state index is 8.02. The summed E-state index contributed by atoms with van der Waals surface area (Å²) >= 11 is 0. The summed E-state index contributed by atoms with van der Waals surface area (Å²) in [4.78, 5) is 0. The molecule has 0 saturated carbocycles. The summed E-state index contributed by atoms with van der Waals surface area (Å²) in [6, 6.07) is 7.04. The molecule has 0 bridgehead atoms. The lowest BCUT2D eigenvalue weighted by Gasteiger charge is -2.23. The molecule has 1 atom stereocenters. The highest BCUT2D eigenvalue weighted by Gasteiger charge is 2.31. The molecule has 1 unspecified atom stereocenters. The van der Waals surface area contributed by atoms with Gasteiger partial charge in [0.25, 0.3) is 0 Å². The maximum Gasteiger partial charge on any atom is 0.209 e. The minimum atomic E-state index is -0.314. The van der Waals surface area contributed by atoms with Crippen molar-refractivity contribution in [3.05, 3.63) is 41.5 Å². The number of methoxy groups -OCH3 is 6. The third-order valence-corrected chi connectivity index (χ3v) is 5.41. The Balaban J connectivity index is 1.93. The van der Waals surface area contributed by atoms with E-state index in [0.29, 0.717) is 40.9 Å². The molecular formula is C24H30N4O6. The van der Waals surface area contributed by atoms with Crippen LogP contribution >= 0.6 is 0 Å². The Morgan fingerprint density at radius 3 is 1.71 bits per heavy atom. The summed E-state index contributed by atoms with van der Waals surface area (Å²) in [5, 5.41) is 14.0. The molecule has 2 aromatic rings. The first-order chi connectivity index (χ1) is 16.4. The van der Waals surface area contributed by atoms with Gasteiger partial charge in [-0.1, -0.05) is 6.08 Å². The zero-order valence-electron chi connectivity index (χ0n) is 20.2. The Bertz CT molecular complexity index is 1060. The largest absolute Gasteiger partial charge is 0.493 e. The van der Waals surface area contributed by atoms with Crippen molar-refractivity contribution < 1.29 is 28.4 Å². The van der Waals surface area contributed by atoms with Gasteiger partial charge in [0.15, 0.2) is 23.0 Å². The summed E-state index contributed by atoms with van der Waals surface area (Å²) in [6.07, 6.45) is 4.27. The number of allylic oxidation sites excluding steroid dienone is 1. The number of nitrogens with two attached hydrogens (primary N) is 1. The van der Waals surface area contributed by atoms with Gasteiger partial charge in [0.05, 0.1) is 54.4 Å². The van der Waals surface area contributed by atoms with E-state index >= 15 is 0 Å². The fourth-order valence-corrected chi connectivity index (χ4v) is 3.80. The highest BCUT2D eigenvalue weighted by molar-refractivity contribution is 6.01. The second-order valence-corrected chi connectivity index (χ2v) is 7.29. The van der Waals surface area contributed by atoms with Gasteiger partial charge in [0, 0.05) is 6.42 Å². The molecule has 0 fully saturated rings. The van der Waals surface area contributed by atoms with Crippen LogP contribution in [0.15, 0.2) is 35.4 Å². The van der Waals surface area contributed by atoms with Crippen molar-refractivity contribution in [3.63, 3.8) is 0 Å². The molecule has 1 aliphatic heterocycles. The smallest absolute Gasteiger partial charge is 0.209 e. The SMILES string of the molecule is COc1cc(/C=C/C2=NN(C(=N)N)C(c3cc(OC)c(OC)c(OC)c3)C2)cc(OC)c1OC. The van der Waals surface area contributed by atoms with Gasteiger partial charge in [-0.05, 0) is 41.5 Å². The molecule has 0 aliphatic carbocycles. The van der Waals surface area contributed by atoms with E-state index in [2.05, 4.69) is 5.10 Å². The van der Waals surface area contributed by atoms with E-state index in [9.17, 15) is 0 Å². The molecule has 2 aromatic carbocycles. The molecule has 0 amide bonds. The van der Waals surface area contributed by atoms with Crippen molar-refractivity contribution in [2.75, 3.05) is 42.7 Å². The monoisotopic (exact) mass is 470 g/mol. The van der Waals surface area contributed by atoms with E-state index in [1.54, 1.807) is 42.7 Å². The number of benzene rings is 2. The highest BCUT2D eigenvalue weighted by Crippen LogP contribution is 2.43. The number of rotatable bonds is 9. The van der Waals surface area contributed by atoms with Crippen LogP contribution in [0.4, 0.5) is 0 Å². The summed E-state index contributed by atoms with van der Waals surface area (Å²) in [5.74, 6) is 2.97.